The molecule has 2 nitrogen and oxygen atoms in total. The van der Waals surface area contributed by atoms with Gasteiger partial charge in [0.05, 0.1) is 0 Å². The minimum atomic E-state index is -0.152. The van der Waals surface area contributed by atoms with E-state index < -0.39 is 0 Å². The molecule has 31 heavy (non-hydrogen) atoms. The van der Waals surface area contributed by atoms with E-state index in [9.17, 15) is 4.79 Å². The molecule has 2 N–H and O–H groups in total. The molecule has 5 rings (SSSR count). The molecule has 0 radical (unpaired) electrons. The standard InChI is InChI=1S/C29H47NO/c1-18(2)29(30)17-11-19-10-15-27(6)20(24(19)29)8-9-22-26(5)14-13-23(31)25(3,4)21(26)12-16-28(22,27)7/h19-22,24H,1,8-17,30H2,2-7H3. The molecule has 5 aliphatic rings. The monoisotopic (exact) mass is 425 g/mol. The lowest BCUT2D eigenvalue weighted by molar-refractivity contribution is -0.226. The Bertz CT molecular complexity index is 814. The Kier molecular flexibility index (Phi) is 4.64. The predicted molar refractivity (Wildman–Crippen MR) is 128 cm³/mol. The van der Waals surface area contributed by atoms with Crippen LogP contribution in [0.2, 0.25) is 0 Å². The summed E-state index contributed by atoms with van der Waals surface area (Å²) in [6, 6.07) is 0. The molecule has 9 unspecified atom stereocenters. The molecule has 2 heteroatoms. The van der Waals surface area contributed by atoms with Crippen LogP contribution in [0.15, 0.2) is 12.2 Å². The normalized spacial score (nSPS) is 55.6. The van der Waals surface area contributed by atoms with Gasteiger partial charge in [-0.15, -0.1) is 0 Å². The summed E-state index contributed by atoms with van der Waals surface area (Å²) in [4.78, 5) is 12.9. The summed E-state index contributed by atoms with van der Waals surface area (Å²) in [5.41, 5.74) is 9.13. The lowest BCUT2D eigenvalue weighted by Gasteiger charge is -2.72. The van der Waals surface area contributed by atoms with Gasteiger partial charge in [0, 0.05) is 17.4 Å². The van der Waals surface area contributed by atoms with Crippen molar-refractivity contribution in [1.29, 1.82) is 0 Å². The third-order valence-corrected chi connectivity index (χ3v) is 13.0. The molecule has 0 aromatic rings. The molecule has 0 bridgehead atoms. The van der Waals surface area contributed by atoms with E-state index in [0.29, 0.717) is 33.9 Å². The Labute approximate surface area is 191 Å². The number of hydrogen-bond acceptors (Lipinski definition) is 2. The number of nitrogens with two attached hydrogens (primary N) is 1. The van der Waals surface area contributed by atoms with Crippen molar-refractivity contribution in [2.45, 2.75) is 111 Å². The summed E-state index contributed by atoms with van der Waals surface area (Å²) in [5, 5.41) is 0. The van der Waals surface area contributed by atoms with Gasteiger partial charge in [-0.25, -0.2) is 0 Å². The van der Waals surface area contributed by atoms with Gasteiger partial charge in [-0.05, 0) is 111 Å². The van der Waals surface area contributed by atoms with Gasteiger partial charge in [-0.3, -0.25) is 4.79 Å². The first-order valence-corrected chi connectivity index (χ1v) is 13.3. The van der Waals surface area contributed by atoms with Crippen molar-refractivity contribution in [3.05, 3.63) is 12.2 Å². The summed E-state index contributed by atoms with van der Waals surface area (Å²) < 4.78 is 0. The zero-order valence-electron chi connectivity index (χ0n) is 21.2. The van der Waals surface area contributed by atoms with E-state index in [0.717, 1.165) is 37.0 Å². The van der Waals surface area contributed by atoms with E-state index in [-0.39, 0.29) is 11.0 Å². The topological polar surface area (TPSA) is 43.1 Å². The first kappa shape index (κ1) is 22.2. The van der Waals surface area contributed by atoms with Crippen molar-refractivity contribution in [3.8, 4) is 0 Å². The van der Waals surface area contributed by atoms with E-state index in [1.165, 1.54) is 50.5 Å². The molecule has 5 saturated carbocycles. The van der Waals surface area contributed by atoms with Crippen molar-refractivity contribution in [2.75, 3.05) is 0 Å². The Hall–Kier alpha value is -0.630. The second kappa shape index (κ2) is 6.49. The largest absolute Gasteiger partial charge is 0.321 e. The molecule has 0 saturated heterocycles. The van der Waals surface area contributed by atoms with E-state index in [4.69, 9.17) is 5.73 Å². The molecule has 0 amide bonds. The summed E-state index contributed by atoms with van der Waals surface area (Å²) in [6.07, 6.45) is 12.3. The zero-order valence-corrected chi connectivity index (χ0v) is 21.2. The summed E-state index contributed by atoms with van der Waals surface area (Å²) in [7, 11) is 0. The number of rotatable bonds is 1. The van der Waals surface area contributed by atoms with E-state index in [2.05, 4.69) is 48.1 Å². The fourth-order valence-electron chi connectivity index (χ4n) is 11.0. The summed E-state index contributed by atoms with van der Waals surface area (Å²) in [6.45, 7) is 19.0. The van der Waals surface area contributed by atoms with Crippen LogP contribution in [0.5, 0.6) is 0 Å². The van der Waals surface area contributed by atoms with E-state index in [1.54, 1.807) is 0 Å². The van der Waals surface area contributed by atoms with Crippen LogP contribution in [0.25, 0.3) is 0 Å². The highest BCUT2D eigenvalue weighted by atomic mass is 16.1. The Morgan fingerprint density at radius 1 is 0.871 bits per heavy atom. The number of carbonyl (C=O) groups excluding carboxylic acids is 1. The Morgan fingerprint density at radius 3 is 2.19 bits per heavy atom. The molecule has 5 fully saturated rings. The highest BCUT2D eigenvalue weighted by molar-refractivity contribution is 5.85. The maximum absolute atomic E-state index is 12.9. The van der Waals surface area contributed by atoms with Crippen molar-refractivity contribution in [3.63, 3.8) is 0 Å². The van der Waals surface area contributed by atoms with E-state index >= 15 is 0 Å². The third-order valence-electron chi connectivity index (χ3n) is 13.0. The number of hydrogen-bond donors (Lipinski definition) is 1. The van der Waals surface area contributed by atoms with Gasteiger partial charge in [0.2, 0.25) is 0 Å². The fraction of sp³-hybridized carbons (Fsp3) is 0.897. The molecular weight excluding hydrogens is 378 g/mol. The van der Waals surface area contributed by atoms with Gasteiger partial charge in [-0.1, -0.05) is 46.8 Å². The van der Waals surface area contributed by atoms with E-state index in [1.807, 2.05) is 0 Å². The third kappa shape index (κ3) is 2.52. The lowest BCUT2D eigenvalue weighted by Crippen LogP contribution is -2.67. The zero-order chi connectivity index (χ0) is 22.6. The summed E-state index contributed by atoms with van der Waals surface area (Å²) >= 11 is 0. The van der Waals surface area contributed by atoms with Crippen LogP contribution in [0.3, 0.4) is 0 Å². The smallest absolute Gasteiger partial charge is 0.138 e. The van der Waals surface area contributed by atoms with Gasteiger partial charge in [0.1, 0.15) is 5.78 Å². The first-order valence-electron chi connectivity index (χ1n) is 13.3. The van der Waals surface area contributed by atoms with Crippen LogP contribution in [0.1, 0.15) is 106 Å². The van der Waals surface area contributed by atoms with Crippen LogP contribution in [-0.4, -0.2) is 11.3 Å². The molecule has 174 valence electrons. The second-order valence-corrected chi connectivity index (χ2v) is 14.0. The number of Topliss-reactive ketones (excluding diaryl/α,β-unsaturated/α-hetero) is 1. The van der Waals surface area contributed by atoms with Crippen molar-refractivity contribution in [1.82, 2.24) is 0 Å². The molecule has 9 atom stereocenters. The molecule has 0 heterocycles. The van der Waals surface area contributed by atoms with Gasteiger partial charge < -0.3 is 5.73 Å². The minimum absolute atomic E-state index is 0.151. The fourth-order valence-corrected chi connectivity index (χ4v) is 11.0. The summed E-state index contributed by atoms with van der Waals surface area (Å²) in [5.74, 6) is 3.96. The molecule has 5 aliphatic carbocycles. The minimum Gasteiger partial charge on any atom is -0.321 e. The van der Waals surface area contributed by atoms with Gasteiger partial charge in [0.15, 0.2) is 0 Å². The van der Waals surface area contributed by atoms with Crippen LogP contribution in [0.4, 0.5) is 0 Å². The maximum atomic E-state index is 12.9. The lowest BCUT2D eigenvalue weighted by atomic mass is 9.33. The molecule has 0 aromatic heterocycles. The highest BCUT2D eigenvalue weighted by Crippen LogP contribution is 2.75. The number of fused-ring (bicyclic) bond motifs is 7. The molecule has 0 aromatic carbocycles. The average molecular weight is 426 g/mol. The van der Waals surface area contributed by atoms with Crippen LogP contribution >= 0.6 is 0 Å². The number of ketones is 1. The second-order valence-electron chi connectivity index (χ2n) is 14.0. The SMILES string of the molecule is C=C(C)C1(N)CCC2CCC3(C)C(CCC4C5(C)CCC(=O)C(C)(C)C5CCC43C)C21. The predicted octanol–water partition coefficient (Wildman–Crippen LogP) is 6.92. The maximum Gasteiger partial charge on any atom is 0.138 e. The first-order chi connectivity index (χ1) is 14.3. The average Bonchev–Trinajstić information content (AvgIpc) is 3.04. The molecule has 0 aliphatic heterocycles. The number of carbonyl (C=O) groups is 1. The van der Waals surface area contributed by atoms with Crippen LogP contribution < -0.4 is 5.73 Å². The van der Waals surface area contributed by atoms with Gasteiger partial charge in [0.25, 0.3) is 0 Å². The molecule has 0 spiro atoms. The Morgan fingerprint density at radius 2 is 1.52 bits per heavy atom. The van der Waals surface area contributed by atoms with Crippen LogP contribution in [-0.2, 0) is 4.79 Å². The van der Waals surface area contributed by atoms with Crippen molar-refractivity contribution >= 4 is 5.78 Å². The quantitative estimate of drug-likeness (QED) is 0.463. The Balaban J connectivity index is 1.55. The van der Waals surface area contributed by atoms with Crippen molar-refractivity contribution < 1.29 is 4.79 Å². The van der Waals surface area contributed by atoms with Gasteiger partial charge in [-0.2, -0.15) is 0 Å². The molecular formula is C29H47NO. The van der Waals surface area contributed by atoms with Crippen LogP contribution in [0, 0.1) is 51.2 Å². The van der Waals surface area contributed by atoms with Gasteiger partial charge >= 0.3 is 0 Å². The highest BCUT2D eigenvalue weighted by Gasteiger charge is 2.70. The van der Waals surface area contributed by atoms with Crippen molar-refractivity contribution in [2.24, 2.45) is 57.0 Å².